The lowest BCUT2D eigenvalue weighted by molar-refractivity contribution is -0.120. The molecule has 0 unspecified atom stereocenters. The van der Waals surface area contributed by atoms with E-state index in [0.29, 0.717) is 13.0 Å². The summed E-state index contributed by atoms with van der Waals surface area (Å²) in [5.41, 5.74) is 5.89. The molecule has 1 aliphatic carbocycles. The number of rotatable bonds is 4. The average Bonchev–Trinajstić information content (AvgIpc) is 2.64. The third-order valence-corrected chi connectivity index (χ3v) is 3.78. The first-order chi connectivity index (χ1) is 7.18. The lowest BCUT2D eigenvalue weighted by Crippen LogP contribution is -2.55. The molecule has 1 saturated carbocycles. The molecule has 0 radical (unpaired) electrons. The summed E-state index contributed by atoms with van der Waals surface area (Å²) in [5.74, 6) is 0.0779. The molecule has 3 N–H and O–H groups in total. The van der Waals surface area contributed by atoms with Gasteiger partial charge in [-0.15, -0.1) is 23.7 Å². The number of nitrogens with two attached hydrogens (primary N) is 1. The predicted molar refractivity (Wildman–Crippen MR) is 69.1 cm³/mol. The van der Waals surface area contributed by atoms with Crippen molar-refractivity contribution in [1.82, 2.24) is 5.32 Å². The van der Waals surface area contributed by atoms with Crippen LogP contribution in [-0.4, -0.2) is 18.0 Å². The van der Waals surface area contributed by atoms with Crippen LogP contribution >= 0.6 is 23.7 Å². The van der Waals surface area contributed by atoms with Crippen molar-refractivity contribution < 1.29 is 4.79 Å². The van der Waals surface area contributed by atoms with Crippen molar-refractivity contribution >= 4 is 29.7 Å². The number of carbonyl (C=O) groups excluding carboxylic acids is 1. The van der Waals surface area contributed by atoms with Gasteiger partial charge >= 0.3 is 0 Å². The molecule has 1 heterocycles. The molecule has 0 saturated heterocycles. The molecule has 1 fully saturated rings. The topological polar surface area (TPSA) is 55.1 Å². The molecule has 0 spiro atoms. The maximum atomic E-state index is 11.5. The Hall–Kier alpha value is -0.580. The molecule has 0 atom stereocenters. The second-order valence-electron chi connectivity index (χ2n) is 4.25. The molecule has 90 valence electrons. The van der Waals surface area contributed by atoms with Crippen molar-refractivity contribution in [2.24, 2.45) is 5.73 Å². The van der Waals surface area contributed by atoms with E-state index < -0.39 is 0 Å². The van der Waals surface area contributed by atoms with Crippen LogP contribution in [0.4, 0.5) is 0 Å². The third kappa shape index (κ3) is 3.47. The second kappa shape index (κ2) is 5.66. The van der Waals surface area contributed by atoms with Gasteiger partial charge in [0.15, 0.2) is 0 Å². The molecule has 0 aliphatic heterocycles. The van der Waals surface area contributed by atoms with Crippen LogP contribution in [0, 0.1) is 0 Å². The van der Waals surface area contributed by atoms with E-state index in [2.05, 4.69) is 5.32 Å². The summed E-state index contributed by atoms with van der Waals surface area (Å²) < 4.78 is 0. The first-order valence-corrected chi connectivity index (χ1v) is 6.14. The molecule has 16 heavy (non-hydrogen) atoms. The van der Waals surface area contributed by atoms with Crippen LogP contribution in [0.3, 0.4) is 0 Å². The van der Waals surface area contributed by atoms with Gasteiger partial charge in [0.05, 0.1) is 6.42 Å². The molecule has 1 aliphatic rings. The van der Waals surface area contributed by atoms with Crippen LogP contribution in [0.5, 0.6) is 0 Å². The molecule has 1 aromatic heterocycles. The lowest BCUT2D eigenvalue weighted by Gasteiger charge is -2.38. The number of nitrogens with one attached hydrogen (secondary N) is 1. The Morgan fingerprint density at radius 1 is 1.56 bits per heavy atom. The fraction of sp³-hybridized carbons (Fsp3) is 0.545. The van der Waals surface area contributed by atoms with Crippen LogP contribution in [-0.2, 0) is 11.2 Å². The van der Waals surface area contributed by atoms with Crippen LogP contribution < -0.4 is 11.1 Å². The molecular formula is C11H17ClN2OS. The predicted octanol–water partition coefficient (Wildman–Crippen LogP) is 1.71. The highest BCUT2D eigenvalue weighted by atomic mass is 35.5. The standard InChI is InChI=1S/C11H16N2OS.ClH/c12-11(4-2-5-11)8-13-10(14)7-9-3-1-6-15-9;/h1,3,6H,2,4-5,7-8,12H2,(H,13,14);1H. The normalized spacial score (nSPS) is 17.1. The summed E-state index contributed by atoms with van der Waals surface area (Å²) in [5, 5.41) is 4.89. The smallest absolute Gasteiger partial charge is 0.225 e. The fourth-order valence-electron chi connectivity index (χ4n) is 1.72. The van der Waals surface area contributed by atoms with E-state index in [1.54, 1.807) is 11.3 Å². The number of carbonyl (C=O) groups is 1. The van der Waals surface area contributed by atoms with Gasteiger partial charge in [0.1, 0.15) is 0 Å². The molecule has 0 bridgehead atoms. The minimum Gasteiger partial charge on any atom is -0.354 e. The van der Waals surface area contributed by atoms with E-state index in [1.165, 1.54) is 6.42 Å². The molecule has 1 amide bonds. The van der Waals surface area contributed by atoms with Crippen molar-refractivity contribution in [3.05, 3.63) is 22.4 Å². The van der Waals surface area contributed by atoms with Gasteiger partial charge in [-0.1, -0.05) is 6.07 Å². The van der Waals surface area contributed by atoms with Crippen molar-refractivity contribution in [3.63, 3.8) is 0 Å². The highest BCUT2D eigenvalue weighted by Gasteiger charge is 2.32. The van der Waals surface area contributed by atoms with Gasteiger partial charge in [0.2, 0.25) is 5.91 Å². The Morgan fingerprint density at radius 3 is 2.81 bits per heavy atom. The number of amides is 1. The van der Waals surface area contributed by atoms with Crippen LogP contribution in [0.2, 0.25) is 0 Å². The zero-order valence-corrected chi connectivity index (χ0v) is 10.7. The molecule has 2 rings (SSSR count). The maximum Gasteiger partial charge on any atom is 0.225 e. The summed E-state index contributed by atoms with van der Waals surface area (Å²) in [6.07, 6.45) is 3.74. The summed E-state index contributed by atoms with van der Waals surface area (Å²) in [6, 6.07) is 3.94. The SMILES string of the molecule is Cl.NC1(CNC(=O)Cc2cccs2)CCC1. The minimum atomic E-state index is -0.120. The van der Waals surface area contributed by atoms with Gasteiger partial charge in [-0.2, -0.15) is 0 Å². The van der Waals surface area contributed by atoms with E-state index in [-0.39, 0.29) is 23.9 Å². The van der Waals surface area contributed by atoms with E-state index in [4.69, 9.17) is 5.73 Å². The van der Waals surface area contributed by atoms with Gasteiger partial charge in [0, 0.05) is 17.0 Å². The molecule has 0 aromatic carbocycles. The second-order valence-corrected chi connectivity index (χ2v) is 5.28. The quantitative estimate of drug-likeness (QED) is 0.866. The Kier molecular flexibility index (Phi) is 4.77. The van der Waals surface area contributed by atoms with E-state index >= 15 is 0 Å². The summed E-state index contributed by atoms with van der Waals surface area (Å²) in [7, 11) is 0. The average molecular weight is 261 g/mol. The van der Waals surface area contributed by atoms with Crippen LogP contribution in [0.25, 0.3) is 0 Å². The van der Waals surface area contributed by atoms with Gasteiger partial charge in [-0.05, 0) is 30.7 Å². The highest BCUT2D eigenvalue weighted by Crippen LogP contribution is 2.28. The van der Waals surface area contributed by atoms with Crippen molar-refractivity contribution in [2.45, 2.75) is 31.2 Å². The van der Waals surface area contributed by atoms with Gasteiger partial charge in [0.25, 0.3) is 0 Å². The zero-order valence-electron chi connectivity index (χ0n) is 9.07. The van der Waals surface area contributed by atoms with Crippen molar-refractivity contribution in [3.8, 4) is 0 Å². The monoisotopic (exact) mass is 260 g/mol. The number of thiophene rings is 1. The van der Waals surface area contributed by atoms with Crippen LogP contribution in [0.15, 0.2) is 17.5 Å². The Morgan fingerprint density at radius 2 is 2.31 bits per heavy atom. The maximum absolute atomic E-state index is 11.5. The fourth-order valence-corrected chi connectivity index (χ4v) is 2.42. The first-order valence-electron chi connectivity index (χ1n) is 5.26. The molecule has 3 nitrogen and oxygen atoms in total. The molecule has 5 heteroatoms. The first kappa shape index (κ1) is 13.5. The highest BCUT2D eigenvalue weighted by molar-refractivity contribution is 7.10. The van der Waals surface area contributed by atoms with Gasteiger partial charge in [-0.25, -0.2) is 0 Å². The Labute approximate surface area is 106 Å². The summed E-state index contributed by atoms with van der Waals surface area (Å²) >= 11 is 1.61. The Bertz CT molecular complexity index is 336. The third-order valence-electron chi connectivity index (χ3n) is 2.90. The summed E-state index contributed by atoms with van der Waals surface area (Å²) in [6.45, 7) is 0.622. The van der Waals surface area contributed by atoms with E-state index in [0.717, 1.165) is 17.7 Å². The number of hydrogen-bond acceptors (Lipinski definition) is 3. The number of hydrogen-bond donors (Lipinski definition) is 2. The van der Waals surface area contributed by atoms with E-state index in [1.807, 2.05) is 17.5 Å². The molecule has 1 aromatic rings. The molecular weight excluding hydrogens is 244 g/mol. The summed E-state index contributed by atoms with van der Waals surface area (Å²) in [4.78, 5) is 12.6. The van der Waals surface area contributed by atoms with Gasteiger partial charge in [-0.3, -0.25) is 4.79 Å². The van der Waals surface area contributed by atoms with Crippen LogP contribution in [0.1, 0.15) is 24.1 Å². The van der Waals surface area contributed by atoms with E-state index in [9.17, 15) is 4.79 Å². The largest absolute Gasteiger partial charge is 0.354 e. The minimum absolute atomic E-state index is 0. The zero-order chi connectivity index (χ0) is 10.7. The Balaban J connectivity index is 0.00000128. The lowest BCUT2D eigenvalue weighted by atomic mass is 9.78. The van der Waals surface area contributed by atoms with Gasteiger partial charge < -0.3 is 11.1 Å². The van der Waals surface area contributed by atoms with Crippen molar-refractivity contribution in [2.75, 3.05) is 6.54 Å². The van der Waals surface area contributed by atoms with Crippen molar-refractivity contribution in [1.29, 1.82) is 0 Å². The number of halogens is 1.